The van der Waals surface area contributed by atoms with Gasteiger partial charge >= 0.3 is 0 Å². The minimum Gasteiger partial charge on any atom is -0.497 e. The van der Waals surface area contributed by atoms with Crippen molar-refractivity contribution >= 4 is 11.6 Å². The van der Waals surface area contributed by atoms with Crippen molar-refractivity contribution in [3.05, 3.63) is 23.8 Å². The van der Waals surface area contributed by atoms with Gasteiger partial charge in [0.1, 0.15) is 5.75 Å². The first-order chi connectivity index (χ1) is 11.1. The van der Waals surface area contributed by atoms with Crippen molar-refractivity contribution in [3.8, 4) is 5.75 Å². The molecule has 1 saturated heterocycles. The Balaban J connectivity index is 0.000000313. The van der Waals surface area contributed by atoms with E-state index in [9.17, 15) is 4.79 Å². The van der Waals surface area contributed by atoms with Gasteiger partial charge in [0.05, 0.1) is 7.11 Å². The molecule has 0 saturated carbocycles. The van der Waals surface area contributed by atoms with Crippen LogP contribution < -0.4 is 15.4 Å². The number of carbonyl (C=O) groups is 1. The van der Waals surface area contributed by atoms with Crippen molar-refractivity contribution in [2.24, 2.45) is 5.92 Å². The van der Waals surface area contributed by atoms with Crippen molar-refractivity contribution in [1.82, 2.24) is 5.32 Å². The Morgan fingerprint density at radius 2 is 2.00 bits per heavy atom. The van der Waals surface area contributed by atoms with E-state index in [0.717, 1.165) is 35.8 Å². The van der Waals surface area contributed by atoms with Crippen molar-refractivity contribution in [2.75, 3.05) is 25.5 Å². The van der Waals surface area contributed by atoms with E-state index in [1.54, 1.807) is 7.11 Å². The third kappa shape index (κ3) is 7.51. The molecule has 1 aliphatic rings. The van der Waals surface area contributed by atoms with Crippen LogP contribution in [0.15, 0.2) is 18.2 Å². The van der Waals surface area contributed by atoms with E-state index >= 15 is 0 Å². The van der Waals surface area contributed by atoms with Crippen LogP contribution in [-0.2, 0) is 11.2 Å². The molecule has 0 radical (unpaired) electrons. The van der Waals surface area contributed by atoms with Crippen LogP contribution in [0.3, 0.4) is 0 Å². The van der Waals surface area contributed by atoms with E-state index < -0.39 is 0 Å². The first-order valence-electron chi connectivity index (χ1n) is 8.78. The molecule has 4 heteroatoms. The molecule has 0 aromatic heterocycles. The highest BCUT2D eigenvalue weighted by atomic mass is 16.5. The average molecular weight is 320 g/mol. The molecule has 0 bridgehead atoms. The Bertz CT molecular complexity index is 468. The van der Waals surface area contributed by atoms with E-state index in [-0.39, 0.29) is 5.91 Å². The van der Waals surface area contributed by atoms with Crippen molar-refractivity contribution in [3.63, 3.8) is 0 Å². The van der Waals surface area contributed by atoms with Crippen LogP contribution in [0.25, 0.3) is 0 Å². The number of aryl methyl sites for hydroxylation is 1. The summed E-state index contributed by atoms with van der Waals surface area (Å²) in [5, 5.41) is 6.22. The number of rotatable bonds is 5. The Morgan fingerprint density at radius 3 is 2.48 bits per heavy atom. The SMILES string of the molecule is CC1CCNCC1.CCCc1cc(OC)ccc1NC(=O)CC. The van der Waals surface area contributed by atoms with E-state index in [0.29, 0.717) is 6.42 Å². The molecule has 0 spiro atoms. The van der Waals surface area contributed by atoms with Gasteiger partial charge in [0, 0.05) is 12.1 Å². The van der Waals surface area contributed by atoms with Crippen LogP contribution in [0, 0.1) is 5.92 Å². The number of methoxy groups -OCH3 is 1. The van der Waals surface area contributed by atoms with Crippen LogP contribution >= 0.6 is 0 Å². The molecule has 1 fully saturated rings. The quantitative estimate of drug-likeness (QED) is 0.862. The molecule has 2 N–H and O–H groups in total. The summed E-state index contributed by atoms with van der Waals surface area (Å²) >= 11 is 0. The van der Waals surface area contributed by atoms with Crippen LogP contribution in [-0.4, -0.2) is 26.1 Å². The van der Waals surface area contributed by atoms with E-state index in [2.05, 4.69) is 24.5 Å². The third-order valence-corrected chi connectivity index (χ3v) is 4.05. The van der Waals surface area contributed by atoms with Gasteiger partial charge in [-0.3, -0.25) is 4.79 Å². The van der Waals surface area contributed by atoms with Gasteiger partial charge in [0.15, 0.2) is 0 Å². The molecule has 2 rings (SSSR count). The van der Waals surface area contributed by atoms with Gasteiger partial charge in [0.2, 0.25) is 5.91 Å². The van der Waals surface area contributed by atoms with Gasteiger partial charge in [-0.15, -0.1) is 0 Å². The predicted octanol–water partition coefficient (Wildman–Crippen LogP) is 4.00. The van der Waals surface area contributed by atoms with Gasteiger partial charge in [-0.05, 0) is 62.0 Å². The zero-order valence-corrected chi connectivity index (χ0v) is 15.1. The van der Waals surface area contributed by atoms with Crippen LogP contribution in [0.2, 0.25) is 0 Å². The summed E-state index contributed by atoms with van der Waals surface area (Å²) in [6.45, 7) is 8.76. The molecule has 1 aromatic rings. The topological polar surface area (TPSA) is 50.4 Å². The Hall–Kier alpha value is -1.55. The van der Waals surface area contributed by atoms with Crippen LogP contribution in [0.1, 0.15) is 52.0 Å². The summed E-state index contributed by atoms with van der Waals surface area (Å²) in [4.78, 5) is 11.3. The number of anilines is 1. The Kier molecular flexibility index (Phi) is 9.37. The molecule has 4 nitrogen and oxygen atoms in total. The summed E-state index contributed by atoms with van der Waals surface area (Å²) in [6, 6.07) is 5.75. The maximum atomic E-state index is 11.3. The number of amides is 1. The summed E-state index contributed by atoms with van der Waals surface area (Å²) in [6.07, 6.45) is 5.23. The molecule has 23 heavy (non-hydrogen) atoms. The monoisotopic (exact) mass is 320 g/mol. The second-order valence-electron chi connectivity index (χ2n) is 6.11. The molecular formula is C19H32N2O2. The van der Waals surface area contributed by atoms with Gasteiger partial charge < -0.3 is 15.4 Å². The Labute approximate surface area is 141 Å². The highest BCUT2D eigenvalue weighted by Crippen LogP contribution is 2.23. The minimum atomic E-state index is 0.0440. The number of piperidine rings is 1. The smallest absolute Gasteiger partial charge is 0.224 e. The number of nitrogens with one attached hydrogen (secondary N) is 2. The van der Waals surface area contributed by atoms with Crippen molar-refractivity contribution < 1.29 is 9.53 Å². The maximum Gasteiger partial charge on any atom is 0.224 e. The largest absolute Gasteiger partial charge is 0.497 e. The van der Waals surface area contributed by atoms with Crippen LogP contribution in [0.5, 0.6) is 5.75 Å². The fourth-order valence-corrected chi connectivity index (χ4v) is 2.50. The lowest BCUT2D eigenvalue weighted by Gasteiger charge is -2.17. The third-order valence-electron chi connectivity index (χ3n) is 4.05. The number of hydrogen-bond acceptors (Lipinski definition) is 3. The van der Waals surface area contributed by atoms with Crippen molar-refractivity contribution in [2.45, 2.75) is 52.9 Å². The first kappa shape index (κ1) is 19.5. The lowest BCUT2D eigenvalue weighted by Crippen LogP contribution is -2.26. The molecule has 1 amide bonds. The minimum absolute atomic E-state index is 0.0440. The first-order valence-corrected chi connectivity index (χ1v) is 8.78. The number of ether oxygens (including phenoxy) is 1. The summed E-state index contributed by atoms with van der Waals surface area (Å²) in [5.74, 6) is 1.85. The van der Waals surface area contributed by atoms with Gasteiger partial charge in [-0.25, -0.2) is 0 Å². The Morgan fingerprint density at radius 1 is 1.30 bits per heavy atom. The standard InChI is InChI=1S/C13H19NO2.C6H13N/c1-4-6-10-9-11(16-3)7-8-12(10)14-13(15)5-2;1-6-2-4-7-5-3-6/h7-9H,4-6H2,1-3H3,(H,14,15);6-7H,2-5H2,1H3. The molecule has 1 aliphatic heterocycles. The number of hydrogen-bond donors (Lipinski definition) is 2. The summed E-state index contributed by atoms with van der Waals surface area (Å²) < 4.78 is 5.17. The highest BCUT2D eigenvalue weighted by Gasteiger charge is 2.06. The highest BCUT2D eigenvalue weighted by molar-refractivity contribution is 5.91. The zero-order valence-electron chi connectivity index (χ0n) is 15.1. The second-order valence-corrected chi connectivity index (χ2v) is 6.11. The molecule has 0 aliphatic carbocycles. The second kappa shape index (κ2) is 11.1. The molecule has 0 unspecified atom stereocenters. The fraction of sp³-hybridized carbons (Fsp3) is 0.632. The van der Waals surface area contributed by atoms with E-state index in [1.807, 2.05) is 25.1 Å². The summed E-state index contributed by atoms with van der Waals surface area (Å²) in [5.41, 5.74) is 2.03. The maximum absolute atomic E-state index is 11.3. The molecule has 1 aromatic carbocycles. The average Bonchev–Trinajstić information content (AvgIpc) is 2.57. The van der Waals surface area contributed by atoms with Gasteiger partial charge in [-0.1, -0.05) is 27.2 Å². The normalized spacial score (nSPS) is 14.6. The van der Waals surface area contributed by atoms with Crippen molar-refractivity contribution in [1.29, 1.82) is 0 Å². The van der Waals surface area contributed by atoms with Gasteiger partial charge in [0.25, 0.3) is 0 Å². The molecule has 1 heterocycles. The van der Waals surface area contributed by atoms with Gasteiger partial charge in [-0.2, -0.15) is 0 Å². The number of benzene rings is 1. The zero-order chi connectivity index (χ0) is 17.1. The number of carbonyl (C=O) groups excluding carboxylic acids is 1. The van der Waals surface area contributed by atoms with E-state index in [4.69, 9.17) is 4.74 Å². The fourth-order valence-electron chi connectivity index (χ4n) is 2.50. The lowest BCUT2D eigenvalue weighted by molar-refractivity contribution is -0.115. The molecule has 0 atom stereocenters. The molecular weight excluding hydrogens is 288 g/mol. The predicted molar refractivity (Wildman–Crippen MR) is 97.2 cm³/mol. The molecule has 130 valence electrons. The van der Waals surface area contributed by atoms with Crippen LogP contribution in [0.4, 0.5) is 5.69 Å². The lowest BCUT2D eigenvalue weighted by atomic mass is 10.0. The summed E-state index contributed by atoms with van der Waals surface area (Å²) in [7, 11) is 1.65. The van der Waals surface area contributed by atoms with E-state index in [1.165, 1.54) is 25.9 Å².